The summed E-state index contributed by atoms with van der Waals surface area (Å²) in [5, 5.41) is 23.2. The Kier molecular flexibility index (Phi) is 7.30. The number of nitrogens with two attached hydrogens (primary N) is 1. The Morgan fingerprint density at radius 3 is 2.55 bits per heavy atom. The van der Waals surface area contributed by atoms with Crippen LogP contribution in [-0.4, -0.2) is 42.9 Å². The number of pyridine rings is 1. The molecule has 0 amide bonds. The fourth-order valence-corrected chi connectivity index (χ4v) is 5.35. The van der Waals surface area contributed by atoms with Gasteiger partial charge < -0.3 is 20.1 Å². The van der Waals surface area contributed by atoms with Crippen LogP contribution in [0.5, 0.6) is 5.75 Å². The molecular formula is C23H22N6O2S2. The molecule has 1 aromatic carbocycles. The number of morpholine rings is 1. The van der Waals surface area contributed by atoms with E-state index in [0.29, 0.717) is 47.3 Å². The van der Waals surface area contributed by atoms with Crippen molar-refractivity contribution in [3.8, 4) is 29.0 Å². The summed E-state index contributed by atoms with van der Waals surface area (Å²) in [4.78, 5) is 11.3. The van der Waals surface area contributed by atoms with E-state index < -0.39 is 0 Å². The van der Waals surface area contributed by atoms with Gasteiger partial charge in [0.25, 0.3) is 0 Å². The van der Waals surface area contributed by atoms with Crippen LogP contribution in [0.3, 0.4) is 0 Å². The number of anilines is 2. The van der Waals surface area contributed by atoms with Crippen molar-refractivity contribution in [3.63, 3.8) is 0 Å². The van der Waals surface area contributed by atoms with E-state index in [-0.39, 0.29) is 11.4 Å². The molecule has 168 valence electrons. The number of thioether (sulfide) groups is 1. The van der Waals surface area contributed by atoms with Gasteiger partial charge in [-0.15, -0.1) is 11.3 Å². The van der Waals surface area contributed by atoms with Crippen molar-refractivity contribution in [1.29, 1.82) is 10.5 Å². The first kappa shape index (κ1) is 22.9. The Balaban J connectivity index is 1.62. The predicted molar refractivity (Wildman–Crippen MR) is 129 cm³/mol. The summed E-state index contributed by atoms with van der Waals surface area (Å²) in [5.41, 5.74) is 8.77. The van der Waals surface area contributed by atoms with Crippen LogP contribution in [0, 0.1) is 22.7 Å². The highest BCUT2D eigenvalue weighted by Gasteiger charge is 2.21. The van der Waals surface area contributed by atoms with Gasteiger partial charge in [-0.3, -0.25) is 0 Å². The Morgan fingerprint density at radius 2 is 1.88 bits per heavy atom. The largest absolute Gasteiger partial charge is 0.494 e. The molecule has 0 saturated carbocycles. The van der Waals surface area contributed by atoms with Crippen LogP contribution < -0.4 is 15.4 Å². The average molecular weight is 479 g/mol. The van der Waals surface area contributed by atoms with Gasteiger partial charge in [0.05, 0.1) is 31.1 Å². The molecule has 0 atom stereocenters. The van der Waals surface area contributed by atoms with E-state index in [9.17, 15) is 10.5 Å². The van der Waals surface area contributed by atoms with E-state index in [1.165, 1.54) is 11.8 Å². The maximum atomic E-state index is 9.97. The zero-order chi connectivity index (χ0) is 23.2. The van der Waals surface area contributed by atoms with Crippen LogP contribution in [0.2, 0.25) is 0 Å². The first-order valence-corrected chi connectivity index (χ1v) is 12.3. The van der Waals surface area contributed by atoms with Crippen molar-refractivity contribution in [3.05, 3.63) is 46.5 Å². The standard InChI is InChI=1S/C23H22N6O2S2/c1-2-31-17-5-3-15(4-6-17)20-18(11-24)21(26)28-22(19(20)12-25)32-13-16-14-33-23(27-16)29-7-9-30-10-8-29/h3-6,14H,2,7-10,13H2,1H3,(H2,26,28). The van der Waals surface area contributed by atoms with Gasteiger partial charge in [-0.25, -0.2) is 9.97 Å². The smallest absolute Gasteiger partial charge is 0.185 e. The summed E-state index contributed by atoms with van der Waals surface area (Å²) in [6.07, 6.45) is 0. The lowest BCUT2D eigenvalue weighted by Gasteiger charge is -2.26. The second-order valence-corrected chi connectivity index (χ2v) is 8.92. The molecule has 1 aliphatic heterocycles. The van der Waals surface area contributed by atoms with Crippen LogP contribution in [0.15, 0.2) is 34.7 Å². The first-order chi connectivity index (χ1) is 16.1. The van der Waals surface area contributed by atoms with E-state index in [0.717, 1.165) is 29.7 Å². The number of nitriles is 2. The summed E-state index contributed by atoms with van der Waals surface area (Å²) < 4.78 is 10.9. The summed E-state index contributed by atoms with van der Waals surface area (Å²) in [6.45, 7) is 5.54. The predicted octanol–water partition coefficient (Wildman–Crippen LogP) is 4.06. The van der Waals surface area contributed by atoms with Gasteiger partial charge >= 0.3 is 0 Å². The Hall–Kier alpha value is -3.31. The number of rotatable bonds is 7. The van der Waals surface area contributed by atoms with Crippen LogP contribution in [-0.2, 0) is 10.5 Å². The number of benzene rings is 1. The van der Waals surface area contributed by atoms with Gasteiger partial charge in [0.2, 0.25) is 0 Å². The topological polar surface area (TPSA) is 121 Å². The average Bonchev–Trinajstić information content (AvgIpc) is 3.33. The second kappa shape index (κ2) is 10.5. The minimum atomic E-state index is 0.107. The molecule has 2 aromatic heterocycles. The lowest BCUT2D eigenvalue weighted by atomic mass is 9.97. The van der Waals surface area contributed by atoms with E-state index >= 15 is 0 Å². The fourth-order valence-electron chi connectivity index (χ4n) is 3.48. The Bertz CT molecular complexity index is 1210. The van der Waals surface area contributed by atoms with Crippen LogP contribution >= 0.6 is 23.1 Å². The summed E-state index contributed by atoms with van der Waals surface area (Å²) in [6, 6.07) is 11.6. The fraction of sp³-hybridized carbons (Fsp3) is 0.304. The Morgan fingerprint density at radius 1 is 1.15 bits per heavy atom. The summed E-state index contributed by atoms with van der Waals surface area (Å²) in [5.74, 6) is 1.36. The molecule has 1 aliphatic rings. The first-order valence-electron chi connectivity index (χ1n) is 10.4. The number of ether oxygens (including phenoxy) is 2. The number of thiazole rings is 1. The van der Waals surface area contributed by atoms with Gasteiger partial charge in [0.15, 0.2) is 5.13 Å². The zero-order valence-corrected chi connectivity index (χ0v) is 19.7. The molecule has 8 nitrogen and oxygen atoms in total. The molecular weight excluding hydrogens is 456 g/mol. The SMILES string of the molecule is CCOc1ccc(-c2c(C#N)c(N)nc(SCc3csc(N4CCOCC4)n3)c2C#N)cc1. The number of hydrogen-bond acceptors (Lipinski definition) is 10. The van der Waals surface area contributed by atoms with Crippen LogP contribution in [0.1, 0.15) is 23.7 Å². The molecule has 3 heterocycles. The van der Waals surface area contributed by atoms with Gasteiger partial charge in [0.1, 0.15) is 34.3 Å². The highest BCUT2D eigenvalue weighted by molar-refractivity contribution is 7.98. The molecule has 3 aromatic rings. The minimum absolute atomic E-state index is 0.107. The maximum absolute atomic E-state index is 9.97. The maximum Gasteiger partial charge on any atom is 0.185 e. The molecule has 2 N–H and O–H groups in total. The third-order valence-corrected chi connectivity index (χ3v) is 7.01. The molecule has 0 radical (unpaired) electrons. The molecule has 0 spiro atoms. The highest BCUT2D eigenvalue weighted by atomic mass is 32.2. The lowest BCUT2D eigenvalue weighted by molar-refractivity contribution is 0.122. The Labute approximate surface area is 200 Å². The van der Waals surface area contributed by atoms with Crippen molar-refractivity contribution in [2.24, 2.45) is 0 Å². The minimum Gasteiger partial charge on any atom is -0.494 e. The number of aromatic nitrogens is 2. The quantitative estimate of drug-likeness (QED) is 0.501. The number of hydrogen-bond donors (Lipinski definition) is 1. The molecule has 1 saturated heterocycles. The van der Waals surface area contributed by atoms with Crippen LogP contribution in [0.4, 0.5) is 10.9 Å². The third kappa shape index (κ3) is 5.04. The second-order valence-electron chi connectivity index (χ2n) is 7.12. The molecule has 4 rings (SSSR count). The van der Waals surface area contributed by atoms with Crippen LogP contribution in [0.25, 0.3) is 11.1 Å². The molecule has 33 heavy (non-hydrogen) atoms. The summed E-state index contributed by atoms with van der Waals surface area (Å²) >= 11 is 2.99. The van der Waals surface area contributed by atoms with Crippen molar-refractivity contribution in [2.45, 2.75) is 17.7 Å². The van der Waals surface area contributed by atoms with E-state index in [4.69, 9.17) is 20.2 Å². The third-order valence-electron chi connectivity index (χ3n) is 5.05. The molecule has 0 unspecified atom stereocenters. The zero-order valence-electron chi connectivity index (χ0n) is 18.1. The van der Waals surface area contributed by atoms with Crippen molar-refractivity contribution in [2.75, 3.05) is 43.5 Å². The van der Waals surface area contributed by atoms with E-state index in [1.807, 2.05) is 36.6 Å². The number of nitrogens with zero attached hydrogens (tertiary/aromatic N) is 5. The van der Waals surface area contributed by atoms with Gasteiger partial charge in [0, 0.05) is 29.8 Å². The van der Waals surface area contributed by atoms with Gasteiger partial charge in [-0.1, -0.05) is 23.9 Å². The monoisotopic (exact) mass is 478 g/mol. The van der Waals surface area contributed by atoms with Gasteiger partial charge in [-0.2, -0.15) is 10.5 Å². The van der Waals surface area contributed by atoms with Gasteiger partial charge in [-0.05, 0) is 24.6 Å². The van der Waals surface area contributed by atoms with Crippen molar-refractivity contribution < 1.29 is 9.47 Å². The molecule has 0 bridgehead atoms. The van der Waals surface area contributed by atoms with Crippen molar-refractivity contribution >= 4 is 34.0 Å². The number of nitrogen functional groups attached to an aromatic ring is 1. The van der Waals surface area contributed by atoms with E-state index in [2.05, 4.69) is 22.0 Å². The van der Waals surface area contributed by atoms with E-state index in [1.54, 1.807) is 11.3 Å². The lowest BCUT2D eigenvalue weighted by Crippen LogP contribution is -2.36. The normalized spacial score (nSPS) is 13.4. The summed E-state index contributed by atoms with van der Waals surface area (Å²) in [7, 11) is 0. The molecule has 1 fully saturated rings. The van der Waals surface area contributed by atoms with Crippen molar-refractivity contribution in [1.82, 2.24) is 9.97 Å². The molecule has 10 heteroatoms. The molecule has 0 aliphatic carbocycles. The highest BCUT2D eigenvalue weighted by Crippen LogP contribution is 2.37.